The Balaban J connectivity index is 2.94. The van der Waals surface area contributed by atoms with Gasteiger partial charge in [0.15, 0.2) is 0 Å². The number of benzene rings is 1. The molecule has 1 rings (SSSR count). The molecule has 2 atom stereocenters. The molecule has 0 amide bonds. The van der Waals surface area contributed by atoms with Crippen LogP contribution < -0.4 is 5.32 Å². The van der Waals surface area contributed by atoms with E-state index in [9.17, 15) is 5.11 Å². The monoisotopic (exact) mass is 247 g/mol. The Morgan fingerprint density at radius 1 is 1.40 bits per heavy atom. The number of likely N-dealkylation sites (N-methyl/N-ethyl adjacent to an activating group) is 1. The zero-order chi connectivity index (χ0) is 11.4. The molecule has 2 unspecified atom stereocenters. The highest BCUT2D eigenvalue weighted by Gasteiger charge is 2.19. The molecule has 1 aromatic rings. The van der Waals surface area contributed by atoms with E-state index in [1.54, 1.807) is 18.2 Å². The van der Waals surface area contributed by atoms with Gasteiger partial charge in [-0.25, -0.2) is 0 Å². The molecular weight excluding hydrogens is 233 g/mol. The molecule has 4 heteroatoms. The summed E-state index contributed by atoms with van der Waals surface area (Å²) >= 11 is 11.8. The lowest BCUT2D eigenvalue weighted by molar-refractivity contribution is 0.130. The number of hydrogen-bond acceptors (Lipinski definition) is 2. The van der Waals surface area contributed by atoms with Gasteiger partial charge in [-0.3, -0.25) is 0 Å². The van der Waals surface area contributed by atoms with E-state index >= 15 is 0 Å². The molecule has 0 radical (unpaired) electrons. The summed E-state index contributed by atoms with van der Waals surface area (Å²) in [6, 6.07) is 5.14. The average Bonchev–Trinajstić information content (AvgIpc) is 2.19. The molecule has 0 aromatic heterocycles. The molecule has 15 heavy (non-hydrogen) atoms. The highest BCUT2D eigenvalue weighted by molar-refractivity contribution is 6.35. The van der Waals surface area contributed by atoms with Gasteiger partial charge >= 0.3 is 0 Å². The van der Waals surface area contributed by atoms with Gasteiger partial charge in [-0.15, -0.1) is 0 Å². The van der Waals surface area contributed by atoms with Crippen LogP contribution in [-0.4, -0.2) is 18.2 Å². The summed E-state index contributed by atoms with van der Waals surface area (Å²) in [6.07, 6.45) is 0.223. The minimum absolute atomic E-state index is 0.00340. The Labute approximate surface area is 100 Å². The van der Waals surface area contributed by atoms with Gasteiger partial charge in [-0.1, -0.05) is 36.2 Å². The molecule has 0 saturated heterocycles. The Morgan fingerprint density at radius 3 is 2.53 bits per heavy atom. The molecule has 0 heterocycles. The van der Waals surface area contributed by atoms with Gasteiger partial charge in [0.1, 0.15) is 0 Å². The van der Waals surface area contributed by atoms with Gasteiger partial charge in [-0.05, 0) is 25.6 Å². The second-order valence-corrected chi connectivity index (χ2v) is 4.26. The molecule has 0 bridgehead atoms. The lowest BCUT2D eigenvalue weighted by atomic mass is 10.0. The van der Waals surface area contributed by atoms with Gasteiger partial charge in [0.25, 0.3) is 0 Å². The van der Waals surface area contributed by atoms with E-state index in [2.05, 4.69) is 5.32 Å². The SMILES string of the molecule is CCC(NC)C(O)c1ccc(Cl)cc1Cl. The third-order valence-corrected chi connectivity index (χ3v) is 3.04. The van der Waals surface area contributed by atoms with E-state index in [1.165, 1.54) is 0 Å². The maximum absolute atomic E-state index is 10.1. The quantitative estimate of drug-likeness (QED) is 0.858. The standard InChI is InChI=1S/C11H15Cl2NO/c1-3-10(14-2)11(15)8-5-4-7(12)6-9(8)13/h4-6,10-11,14-15H,3H2,1-2H3. The summed E-state index contributed by atoms with van der Waals surface area (Å²) in [4.78, 5) is 0. The molecule has 0 aliphatic rings. The van der Waals surface area contributed by atoms with E-state index in [4.69, 9.17) is 23.2 Å². The maximum atomic E-state index is 10.1. The zero-order valence-corrected chi connectivity index (χ0v) is 10.3. The van der Waals surface area contributed by atoms with Gasteiger partial charge in [0.05, 0.1) is 6.10 Å². The predicted molar refractivity (Wildman–Crippen MR) is 64.6 cm³/mol. The summed E-state index contributed by atoms with van der Waals surface area (Å²) in [6.45, 7) is 2.01. The topological polar surface area (TPSA) is 32.3 Å². The molecule has 0 saturated carbocycles. The van der Waals surface area contributed by atoms with Crippen LogP contribution in [0.2, 0.25) is 10.0 Å². The summed E-state index contributed by atoms with van der Waals surface area (Å²) in [7, 11) is 1.82. The first kappa shape index (κ1) is 12.8. The van der Waals surface area contributed by atoms with Gasteiger partial charge in [0.2, 0.25) is 0 Å². The Hall–Kier alpha value is -0.280. The van der Waals surface area contributed by atoms with Crippen LogP contribution in [0.15, 0.2) is 18.2 Å². The maximum Gasteiger partial charge on any atom is 0.0957 e. The van der Waals surface area contributed by atoms with Gasteiger partial charge in [-0.2, -0.15) is 0 Å². The molecule has 1 aromatic carbocycles. The first-order valence-corrected chi connectivity index (χ1v) is 5.66. The van der Waals surface area contributed by atoms with Crippen LogP contribution in [0.3, 0.4) is 0 Å². The van der Waals surface area contributed by atoms with E-state index in [0.717, 1.165) is 6.42 Å². The van der Waals surface area contributed by atoms with Crippen molar-refractivity contribution in [1.29, 1.82) is 0 Å². The predicted octanol–water partition coefficient (Wildman–Crippen LogP) is 3.02. The van der Waals surface area contributed by atoms with Crippen LogP contribution in [0.4, 0.5) is 0 Å². The van der Waals surface area contributed by atoms with Crippen molar-refractivity contribution in [2.45, 2.75) is 25.5 Å². The van der Waals surface area contributed by atoms with Gasteiger partial charge < -0.3 is 10.4 Å². The van der Waals surface area contributed by atoms with Crippen LogP contribution in [-0.2, 0) is 0 Å². The summed E-state index contributed by atoms with van der Waals surface area (Å²) in [5.41, 5.74) is 0.710. The molecule has 2 N–H and O–H groups in total. The second-order valence-electron chi connectivity index (χ2n) is 3.41. The van der Waals surface area contributed by atoms with Crippen molar-refractivity contribution >= 4 is 23.2 Å². The van der Waals surface area contributed by atoms with Crippen molar-refractivity contribution in [3.8, 4) is 0 Å². The van der Waals surface area contributed by atoms with Crippen LogP contribution in [0.25, 0.3) is 0 Å². The number of hydrogen-bond donors (Lipinski definition) is 2. The average molecular weight is 248 g/mol. The molecule has 0 aliphatic carbocycles. The molecule has 84 valence electrons. The van der Waals surface area contributed by atoms with Crippen molar-refractivity contribution < 1.29 is 5.11 Å². The van der Waals surface area contributed by atoms with Crippen LogP contribution in [0.5, 0.6) is 0 Å². The summed E-state index contributed by atoms with van der Waals surface area (Å²) in [5, 5.41) is 14.2. The van der Waals surface area contributed by atoms with Crippen molar-refractivity contribution in [3.63, 3.8) is 0 Å². The number of aliphatic hydroxyl groups is 1. The number of aliphatic hydroxyl groups excluding tert-OH is 1. The molecule has 0 aliphatic heterocycles. The molecule has 0 spiro atoms. The smallest absolute Gasteiger partial charge is 0.0957 e. The van der Waals surface area contributed by atoms with Crippen LogP contribution >= 0.6 is 23.2 Å². The van der Waals surface area contributed by atoms with Crippen molar-refractivity contribution in [3.05, 3.63) is 33.8 Å². The lowest BCUT2D eigenvalue weighted by Gasteiger charge is -2.22. The van der Waals surface area contributed by atoms with Crippen LogP contribution in [0, 0.1) is 0 Å². The Bertz CT molecular complexity index is 326. The van der Waals surface area contributed by atoms with Crippen molar-refractivity contribution in [1.82, 2.24) is 5.32 Å². The van der Waals surface area contributed by atoms with E-state index in [1.807, 2.05) is 14.0 Å². The van der Waals surface area contributed by atoms with Gasteiger partial charge in [0, 0.05) is 21.7 Å². The molecule has 2 nitrogen and oxygen atoms in total. The van der Waals surface area contributed by atoms with Crippen molar-refractivity contribution in [2.24, 2.45) is 0 Å². The van der Waals surface area contributed by atoms with Crippen molar-refractivity contribution in [2.75, 3.05) is 7.05 Å². The van der Waals surface area contributed by atoms with E-state index < -0.39 is 6.10 Å². The third kappa shape index (κ3) is 3.08. The highest BCUT2D eigenvalue weighted by Crippen LogP contribution is 2.28. The fraction of sp³-hybridized carbons (Fsp3) is 0.455. The fourth-order valence-electron chi connectivity index (χ4n) is 1.54. The largest absolute Gasteiger partial charge is 0.387 e. The first-order chi connectivity index (χ1) is 7.10. The Morgan fingerprint density at radius 2 is 2.07 bits per heavy atom. The minimum atomic E-state index is -0.607. The second kappa shape index (κ2) is 5.71. The molecule has 0 fully saturated rings. The van der Waals surface area contributed by atoms with E-state index in [0.29, 0.717) is 15.6 Å². The zero-order valence-electron chi connectivity index (χ0n) is 8.80. The fourth-order valence-corrected chi connectivity index (χ4v) is 2.06. The lowest BCUT2D eigenvalue weighted by Crippen LogP contribution is -2.31. The third-order valence-electron chi connectivity index (χ3n) is 2.47. The van der Waals surface area contributed by atoms with E-state index in [-0.39, 0.29) is 6.04 Å². The minimum Gasteiger partial charge on any atom is -0.387 e. The Kier molecular flexibility index (Phi) is 4.87. The first-order valence-electron chi connectivity index (χ1n) is 4.90. The number of halogens is 2. The van der Waals surface area contributed by atoms with Crippen LogP contribution in [0.1, 0.15) is 25.0 Å². The molecular formula is C11H15Cl2NO. The summed E-state index contributed by atoms with van der Waals surface area (Å²) < 4.78 is 0. The number of rotatable bonds is 4. The highest BCUT2D eigenvalue weighted by atomic mass is 35.5. The normalized spacial score (nSPS) is 15.0. The summed E-state index contributed by atoms with van der Waals surface area (Å²) in [5.74, 6) is 0. The number of nitrogens with one attached hydrogen (secondary N) is 1.